The number of nitrogens with zero attached hydrogens (tertiary/aromatic N) is 3. The standard InChI is InChI=1S/C13H13FN4O3/c1-9-6-12(18(20)21)16-17(9)8-13(19)15-7-10-4-2-3-5-11(10)14/h2-6H,7-8H2,1H3,(H,15,19). The third-order valence-electron chi connectivity index (χ3n) is 2.88. The largest absolute Gasteiger partial charge is 0.390 e. The molecule has 0 unspecified atom stereocenters. The predicted octanol–water partition coefficient (Wildman–Crippen LogP) is 1.56. The maximum absolute atomic E-state index is 13.4. The SMILES string of the molecule is Cc1cc([N+](=O)[O-])nn1CC(=O)NCc1ccccc1F. The van der Waals surface area contributed by atoms with Crippen LogP contribution in [-0.4, -0.2) is 20.6 Å². The number of rotatable bonds is 5. The molecular weight excluding hydrogens is 279 g/mol. The summed E-state index contributed by atoms with van der Waals surface area (Å²) in [6, 6.07) is 7.39. The van der Waals surface area contributed by atoms with Crippen LogP contribution < -0.4 is 5.32 Å². The summed E-state index contributed by atoms with van der Waals surface area (Å²) in [5.74, 6) is -1.11. The summed E-state index contributed by atoms with van der Waals surface area (Å²) in [5, 5.41) is 16.8. The first-order valence-corrected chi connectivity index (χ1v) is 6.16. The summed E-state index contributed by atoms with van der Waals surface area (Å²) in [5.41, 5.74) is 0.872. The lowest BCUT2D eigenvalue weighted by Gasteiger charge is -2.05. The van der Waals surface area contributed by atoms with Crippen molar-refractivity contribution in [3.8, 4) is 0 Å². The number of carbonyl (C=O) groups excluding carboxylic acids is 1. The van der Waals surface area contributed by atoms with Crippen molar-refractivity contribution < 1.29 is 14.1 Å². The van der Waals surface area contributed by atoms with Crippen LogP contribution in [0.5, 0.6) is 0 Å². The van der Waals surface area contributed by atoms with Gasteiger partial charge in [-0.3, -0.25) is 4.79 Å². The van der Waals surface area contributed by atoms with Gasteiger partial charge in [0.1, 0.15) is 12.4 Å². The van der Waals surface area contributed by atoms with E-state index in [1.807, 2.05) is 0 Å². The Morgan fingerprint density at radius 3 is 2.81 bits per heavy atom. The number of hydrogen-bond donors (Lipinski definition) is 1. The molecule has 21 heavy (non-hydrogen) atoms. The summed E-state index contributed by atoms with van der Waals surface area (Å²) in [7, 11) is 0. The van der Waals surface area contributed by atoms with E-state index in [4.69, 9.17) is 0 Å². The number of nitro groups is 1. The molecule has 0 saturated carbocycles. The van der Waals surface area contributed by atoms with Gasteiger partial charge in [0, 0.05) is 12.1 Å². The fourth-order valence-electron chi connectivity index (χ4n) is 1.77. The molecule has 0 fully saturated rings. The topological polar surface area (TPSA) is 90.1 Å². The molecular formula is C13H13FN4O3. The average molecular weight is 292 g/mol. The number of aromatic nitrogens is 2. The molecule has 0 spiro atoms. The monoisotopic (exact) mass is 292 g/mol. The molecule has 2 rings (SSSR count). The molecule has 2 aromatic rings. The third kappa shape index (κ3) is 3.62. The van der Waals surface area contributed by atoms with Gasteiger partial charge in [-0.2, -0.15) is 4.68 Å². The fourth-order valence-corrected chi connectivity index (χ4v) is 1.77. The Bertz CT molecular complexity index is 684. The molecule has 110 valence electrons. The molecule has 1 aromatic carbocycles. The van der Waals surface area contributed by atoms with E-state index in [-0.39, 0.29) is 18.9 Å². The van der Waals surface area contributed by atoms with Crippen molar-refractivity contribution in [2.75, 3.05) is 0 Å². The van der Waals surface area contributed by atoms with Gasteiger partial charge in [0.15, 0.2) is 0 Å². The van der Waals surface area contributed by atoms with Gasteiger partial charge in [0.05, 0.1) is 16.9 Å². The summed E-state index contributed by atoms with van der Waals surface area (Å²) in [6.45, 7) is 1.51. The number of amides is 1. The van der Waals surface area contributed by atoms with Crippen molar-refractivity contribution in [1.82, 2.24) is 15.1 Å². The van der Waals surface area contributed by atoms with E-state index in [0.29, 0.717) is 11.3 Å². The highest BCUT2D eigenvalue weighted by atomic mass is 19.1. The van der Waals surface area contributed by atoms with Crippen LogP contribution in [-0.2, 0) is 17.9 Å². The minimum Gasteiger partial charge on any atom is -0.358 e. The summed E-state index contributed by atoms with van der Waals surface area (Å²) >= 11 is 0. The number of carbonyl (C=O) groups is 1. The Kier molecular flexibility index (Phi) is 4.27. The Morgan fingerprint density at radius 1 is 1.48 bits per heavy atom. The zero-order chi connectivity index (χ0) is 15.4. The lowest BCUT2D eigenvalue weighted by Crippen LogP contribution is -2.28. The van der Waals surface area contributed by atoms with E-state index in [0.717, 1.165) is 0 Å². The van der Waals surface area contributed by atoms with E-state index >= 15 is 0 Å². The lowest BCUT2D eigenvalue weighted by atomic mass is 10.2. The van der Waals surface area contributed by atoms with Gasteiger partial charge in [-0.1, -0.05) is 18.2 Å². The highest BCUT2D eigenvalue weighted by Crippen LogP contribution is 2.10. The molecule has 1 amide bonds. The second-order valence-electron chi connectivity index (χ2n) is 4.43. The van der Waals surface area contributed by atoms with Crippen LogP contribution in [0.2, 0.25) is 0 Å². The Morgan fingerprint density at radius 2 is 2.19 bits per heavy atom. The third-order valence-corrected chi connectivity index (χ3v) is 2.88. The normalized spacial score (nSPS) is 10.4. The molecule has 1 N–H and O–H groups in total. The van der Waals surface area contributed by atoms with Gasteiger partial charge in [-0.05, 0) is 17.9 Å². The van der Waals surface area contributed by atoms with Gasteiger partial charge in [-0.15, -0.1) is 0 Å². The van der Waals surface area contributed by atoms with Gasteiger partial charge in [0.25, 0.3) is 0 Å². The fraction of sp³-hybridized carbons (Fsp3) is 0.231. The first kappa shape index (κ1) is 14.6. The molecule has 8 heteroatoms. The maximum Gasteiger partial charge on any atom is 0.390 e. The van der Waals surface area contributed by atoms with Crippen LogP contribution in [0.15, 0.2) is 30.3 Å². The second kappa shape index (κ2) is 6.12. The molecule has 0 bridgehead atoms. The molecule has 0 aliphatic heterocycles. The molecule has 0 radical (unpaired) electrons. The average Bonchev–Trinajstić information content (AvgIpc) is 2.79. The van der Waals surface area contributed by atoms with E-state index in [9.17, 15) is 19.3 Å². The van der Waals surface area contributed by atoms with E-state index in [1.54, 1.807) is 25.1 Å². The van der Waals surface area contributed by atoms with Gasteiger partial charge in [0.2, 0.25) is 5.91 Å². The molecule has 0 aliphatic carbocycles. The lowest BCUT2D eigenvalue weighted by molar-refractivity contribution is -0.389. The highest BCUT2D eigenvalue weighted by Gasteiger charge is 2.17. The molecule has 0 saturated heterocycles. The molecule has 0 atom stereocenters. The summed E-state index contributed by atoms with van der Waals surface area (Å²) < 4.78 is 14.6. The van der Waals surface area contributed by atoms with Crippen molar-refractivity contribution in [2.24, 2.45) is 0 Å². The zero-order valence-electron chi connectivity index (χ0n) is 11.2. The minimum absolute atomic E-state index is 0.0495. The van der Waals surface area contributed by atoms with Crippen molar-refractivity contribution in [3.05, 3.63) is 57.5 Å². The highest BCUT2D eigenvalue weighted by molar-refractivity contribution is 5.75. The smallest absolute Gasteiger partial charge is 0.358 e. The van der Waals surface area contributed by atoms with Crippen molar-refractivity contribution in [2.45, 2.75) is 20.0 Å². The van der Waals surface area contributed by atoms with Crippen LogP contribution in [0.4, 0.5) is 10.2 Å². The number of hydrogen-bond acceptors (Lipinski definition) is 4. The van der Waals surface area contributed by atoms with Crippen LogP contribution in [0.25, 0.3) is 0 Å². The van der Waals surface area contributed by atoms with Crippen molar-refractivity contribution in [3.63, 3.8) is 0 Å². The van der Waals surface area contributed by atoms with Gasteiger partial charge >= 0.3 is 5.82 Å². The van der Waals surface area contributed by atoms with E-state index < -0.39 is 16.6 Å². The Balaban J connectivity index is 1.96. The van der Waals surface area contributed by atoms with Gasteiger partial charge < -0.3 is 15.4 Å². The van der Waals surface area contributed by atoms with Crippen LogP contribution >= 0.6 is 0 Å². The predicted molar refractivity (Wildman–Crippen MR) is 71.9 cm³/mol. The second-order valence-corrected chi connectivity index (χ2v) is 4.43. The van der Waals surface area contributed by atoms with Crippen LogP contribution in [0.1, 0.15) is 11.3 Å². The molecule has 7 nitrogen and oxygen atoms in total. The maximum atomic E-state index is 13.4. The van der Waals surface area contributed by atoms with Crippen LogP contribution in [0, 0.1) is 22.9 Å². The van der Waals surface area contributed by atoms with Crippen molar-refractivity contribution >= 4 is 11.7 Å². The number of aryl methyl sites for hydroxylation is 1. The van der Waals surface area contributed by atoms with Gasteiger partial charge in [-0.25, -0.2) is 4.39 Å². The molecule has 0 aliphatic rings. The number of benzene rings is 1. The Labute approximate surface area is 119 Å². The minimum atomic E-state index is -0.624. The summed E-state index contributed by atoms with van der Waals surface area (Å²) in [4.78, 5) is 21.7. The number of halogens is 1. The van der Waals surface area contributed by atoms with E-state index in [1.165, 1.54) is 16.8 Å². The first-order chi connectivity index (χ1) is 9.97. The first-order valence-electron chi connectivity index (χ1n) is 6.16. The Hall–Kier alpha value is -2.77. The van der Waals surface area contributed by atoms with Crippen molar-refractivity contribution in [1.29, 1.82) is 0 Å². The number of nitrogens with one attached hydrogen (secondary N) is 1. The zero-order valence-corrected chi connectivity index (χ0v) is 11.2. The van der Waals surface area contributed by atoms with Crippen LogP contribution in [0.3, 0.4) is 0 Å². The molecule has 1 aromatic heterocycles. The quantitative estimate of drug-likeness (QED) is 0.668. The summed E-state index contributed by atoms with van der Waals surface area (Å²) in [6.07, 6.45) is 0. The van der Waals surface area contributed by atoms with E-state index in [2.05, 4.69) is 10.4 Å². The molecule has 1 heterocycles.